The molecule has 0 saturated carbocycles. The molecule has 0 heterocycles. The van der Waals surface area contributed by atoms with Crippen LogP contribution in [-0.2, 0) is 19.7 Å². The Kier molecular flexibility index (Phi) is 5.71. The Morgan fingerprint density at radius 3 is 2.04 bits per heavy atom. The maximum atomic E-state index is 11.5. The number of allylic oxidation sites excluding steroid dienone is 6. The van der Waals surface area contributed by atoms with Crippen molar-refractivity contribution in [2.75, 3.05) is 11.4 Å². The topological polar surface area (TPSA) is 91.8 Å². The SMILES string of the molecule is CCCN(C(C)=O)c1ccccc1S(=O)(=O)O.O=C1C2=CC=C1C=C2. The van der Waals surface area contributed by atoms with Gasteiger partial charge in [0, 0.05) is 24.6 Å². The lowest BCUT2D eigenvalue weighted by Gasteiger charge is -2.22. The number of carbonyl (C=O) groups is 2. The van der Waals surface area contributed by atoms with Crippen LogP contribution in [0.25, 0.3) is 0 Å². The summed E-state index contributed by atoms with van der Waals surface area (Å²) < 4.78 is 31.5. The van der Waals surface area contributed by atoms with Crippen LogP contribution in [0, 0.1) is 0 Å². The normalized spacial score (nSPS) is 14.6. The van der Waals surface area contributed by atoms with E-state index in [1.165, 1.54) is 30.0 Å². The molecule has 2 aliphatic rings. The quantitative estimate of drug-likeness (QED) is 0.833. The number of hydrogen-bond donors (Lipinski definition) is 1. The first kappa shape index (κ1) is 18.8. The van der Waals surface area contributed by atoms with Crippen molar-refractivity contribution in [2.24, 2.45) is 0 Å². The van der Waals surface area contributed by atoms with Gasteiger partial charge in [0.05, 0.1) is 5.69 Å². The Balaban J connectivity index is 0.000000230. The van der Waals surface area contributed by atoms with Crippen molar-refractivity contribution < 1.29 is 22.6 Å². The third-order valence-electron chi connectivity index (χ3n) is 3.67. The maximum absolute atomic E-state index is 11.5. The number of hydrogen-bond acceptors (Lipinski definition) is 4. The average Bonchev–Trinajstić information content (AvgIpc) is 3.10. The van der Waals surface area contributed by atoms with E-state index in [0.717, 1.165) is 11.1 Å². The van der Waals surface area contributed by atoms with E-state index in [-0.39, 0.29) is 22.3 Å². The van der Waals surface area contributed by atoms with Crippen molar-refractivity contribution >= 4 is 27.5 Å². The molecular formula is C18H19NO5S. The van der Waals surface area contributed by atoms with Crippen molar-refractivity contribution in [2.45, 2.75) is 25.2 Å². The highest BCUT2D eigenvalue weighted by molar-refractivity contribution is 7.86. The third kappa shape index (κ3) is 4.32. The van der Waals surface area contributed by atoms with Crippen LogP contribution in [0.2, 0.25) is 0 Å². The highest BCUT2D eigenvalue weighted by Crippen LogP contribution is 2.25. The lowest BCUT2D eigenvalue weighted by Crippen LogP contribution is -2.30. The lowest BCUT2D eigenvalue weighted by atomic mass is 10.2. The number of Topliss-reactive ketones (excluding diaryl/α,β-unsaturated/α-hetero) is 1. The molecule has 0 aromatic heterocycles. The van der Waals surface area contributed by atoms with Gasteiger partial charge in [-0.2, -0.15) is 8.42 Å². The predicted octanol–water partition coefficient (Wildman–Crippen LogP) is 2.69. The van der Waals surface area contributed by atoms with Gasteiger partial charge in [-0.25, -0.2) is 0 Å². The van der Waals surface area contributed by atoms with Gasteiger partial charge in [0.1, 0.15) is 4.90 Å². The second-order valence-corrected chi connectivity index (χ2v) is 6.91. The smallest absolute Gasteiger partial charge is 0.296 e. The van der Waals surface area contributed by atoms with Crippen molar-refractivity contribution in [3.63, 3.8) is 0 Å². The molecule has 0 radical (unpaired) electrons. The second kappa shape index (κ2) is 7.58. The van der Waals surface area contributed by atoms with Gasteiger partial charge in [-0.15, -0.1) is 0 Å². The van der Waals surface area contributed by atoms with E-state index in [4.69, 9.17) is 4.55 Å². The van der Waals surface area contributed by atoms with Gasteiger partial charge >= 0.3 is 0 Å². The molecule has 0 saturated heterocycles. The molecule has 1 aromatic carbocycles. The monoisotopic (exact) mass is 361 g/mol. The lowest BCUT2D eigenvalue weighted by molar-refractivity contribution is -0.116. The van der Waals surface area contributed by atoms with Crippen LogP contribution in [-0.4, -0.2) is 31.2 Å². The molecule has 2 bridgehead atoms. The Labute approximate surface area is 146 Å². The number of rotatable bonds is 4. The van der Waals surface area contributed by atoms with Gasteiger partial charge in [-0.3, -0.25) is 14.1 Å². The summed E-state index contributed by atoms with van der Waals surface area (Å²) in [4.78, 5) is 23.3. The zero-order valence-corrected chi connectivity index (χ0v) is 14.8. The number of amides is 1. The van der Waals surface area contributed by atoms with Crippen LogP contribution < -0.4 is 4.90 Å². The minimum absolute atomic E-state index is 0.185. The fourth-order valence-corrected chi connectivity index (χ4v) is 3.20. The largest absolute Gasteiger partial charge is 0.311 e. The summed E-state index contributed by atoms with van der Waals surface area (Å²) in [6.45, 7) is 3.64. The third-order valence-corrected chi connectivity index (χ3v) is 4.57. The van der Waals surface area contributed by atoms with E-state index >= 15 is 0 Å². The number of carbonyl (C=O) groups excluding carboxylic acids is 2. The Morgan fingerprint density at radius 2 is 1.68 bits per heavy atom. The molecule has 25 heavy (non-hydrogen) atoms. The predicted molar refractivity (Wildman–Crippen MR) is 94.9 cm³/mol. The molecule has 0 aliphatic heterocycles. The number of fused-ring (bicyclic) bond motifs is 2. The number of para-hydroxylation sites is 1. The van der Waals surface area contributed by atoms with Crippen LogP contribution in [0.3, 0.4) is 0 Å². The highest BCUT2D eigenvalue weighted by Gasteiger charge is 2.21. The van der Waals surface area contributed by atoms with E-state index in [9.17, 15) is 18.0 Å². The molecular weight excluding hydrogens is 342 g/mol. The van der Waals surface area contributed by atoms with E-state index in [0.29, 0.717) is 13.0 Å². The molecule has 0 atom stereocenters. The molecule has 0 fully saturated rings. The van der Waals surface area contributed by atoms with Gasteiger partial charge in [-0.1, -0.05) is 43.4 Å². The first-order valence-electron chi connectivity index (χ1n) is 7.75. The zero-order valence-electron chi connectivity index (χ0n) is 14.0. The fraction of sp³-hybridized carbons (Fsp3) is 0.222. The Morgan fingerprint density at radius 1 is 1.12 bits per heavy atom. The molecule has 132 valence electrons. The van der Waals surface area contributed by atoms with E-state index in [1.54, 1.807) is 6.07 Å². The zero-order chi connectivity index (χ0) is 18.6. The fourth-order valence-electron chi connectivity index (χ4n) is 2.51. The van der Waals surface area contributed by atoms with Crippen molar-refractivity contribution in [1.29, 1.82) is 0 Å². The molecule has 2 aliphatic carbocycles. The molecule has 1 amide bonds. The molecule has 1 aromatic rings. The summed E-state index contributed by atoms with van der Waals surface area (Å²) in [5.74, 6) is -0.0760. The Bertz CT molecular complexity index is 870. The van der Waals surface area contributed by atoms with Crippen LogP contribution >= 0.6 is 0 Å². The van der Waals surface area contributed by atoms with Crippen LogP contribution in [0.5, 0.6) is 0 Å². The number of ketones is 1. The molecule has 1 N–H and O–H groups in total. The van der Waals surface area contributed by atoms with Crippen LogP contribution in [0.1, 0.15) is 20.3 Å². The molecule has 7 heteroatoms. The summed E-state index contributed by atoms with van der Waals surface area (Å²) >= 11 is 0. The van der Waals surface area contributed by atoms with Gasteiger partial charge in [0.2, 0.25) is 5.91 Å². The average molecular weight is 361 g/mol. The minimum Gasteiger partial charge on any atom is -0.311 e. The molecule has 6 nitrogen and oxygen atoms in total. The minimum atomic E-state index is -4.32. The van der Waals surface area contributed by atoms with Gasteiger partial charge in [0.15, 0.2) is 5.78 Å². The summed E-state index contributed by atoms with van der Waals surface area (Å²) in [6.07, 6.45) is 8.07. The van der Waals surface area contributed by atoms with Crippen molar-refractivity contribution in [1.82, 2.24) is 0 Å². The number of benzene rings is 1. The van der Waals surface area contributed by atoms with Crippen LogP contribution in [0.4, 0.5) is 5.69 Å². The van der Waals surface area contributed by atoms with E-state index in [1.807, 2.05) is 31.2 Å². The van der Waals surface area contributed by atoms with Crippen molar-refractivity contribution in [3.8, 4) is 0 Å². The van der Waals surface area contributed by atoms with Crippen molar-refractivity contribution in [3.05, 3.63) is 59.7 Å². The number of anilines is 1. The standard InChI is InChI=1S/C11H15NO4S.C7H4O/c1-3-8-12(9(2)13)10-6-4-5-7-11(10)17(14,15)16;8-7-5-1-2-6(7)4-3-5/h4-7H,3,8H2,1-2H3,(H,14,15,16);1-4H. The summed E-state index contributed by atoms with van der Waals surface area (Å²) in [7, 11) is -4.32. The molecule has 0 spiro atoms. The highest BCUT2D eigenvalue weighted by atomic mass is 32.2. The first-order chi connectivity index (χ1) is 11.8. The Hall–Kier alpha value is -2.51. The first-order valence-corrected chi connectivity index (χ1v) is 9.19. The van der Waals surface area contributed by atoms with Gasteiger partial charge < -0.3 is 4.90 Å². The molecule has 0 unspecified atom stereocenters. The maximum Gasteiger partial charge on any atom is 0.296 e. The summed E-state index contributed by atoms with van der Waals surface area (Å²) in [6, 6.07) is 5.89. The van der Waals surface area contributed by atoms with E-state index < -0.39 is 10.1 Å². The molecule has 3 rings (SSSR count). The van der Waals surface area contributed by atoms with Gasteiger partial charge in [0.25, 0.3) is 10.1 Å². The summed E-state index contributed by atoms with van der Waals surface area (Å²) in [5.41, 5.74) is 1.88. The van der Waals surface area contributed by atoms with Crippen LogP contribution in [0.15, 0.2) is 64.6 Å². The van der Waals surface area contributed by atoms with E-state index in [2.05, 4.69) is 0 Å². The second-order valence-electron chi connectivity index (χ2n) is 5.52. The van der Waals surface area contributed by atoms with Gasteiger partial charge in [-0.05, 0) is 18.6 Å². The number of nitrogens with zero attached hydrogens (tertiary/aromatic N) is 1. The summed E-state index contributed by atoms with van der Waals surface area (Å²) in [5, 5.41) is 0.